The molecule has 0 aliphatic heterocycles. The van der Waals surface area contributed by atoms with Crippen LogP contribution in [-0.2, 0) is 0 Å². The number of ether oxygens (including phenoxy) is 1. The molecule has 1 heterocycles. The zero-order chi connectivity index (χ0) is 14.0. The van der Waals surface area contributed by atoms with Crippen molar-refractivity contribution < 1.29 is 19.1 Å². The van der Waals surface area contributed by atoms with Crippen LogP contribution in [0.2, 0.25) is 5.02 Å². The predicted molar refractivity (Wildman–Crippen MR) is 73.9 cm³/mol. The van der Waals surface area contributed by atoms with Gasteiger partial charge in [0.05, 0.1) is 5.02 Å². The number of halogens is 2. The number of carboxylic acids is 1. The highest BCUT2D eigenvalue weighted by atomic mass is 79.9. The van der Waals surface area contributed by atoms with Gasteiger partial charge < -0.3 is 14.3 Å². The Morgan fingerprint density at radius 2 is 2.16 bits per heavy atom. The van der Waals surface area contributed by atoms with Gasteiger partial charge in [0.1, 0.15) is 11.5 Å². The lowest BCUT2D eigenvalue weighted by Gasteiger charge is -2.13. The predicted octanol–water partition coefficient (Wildman–Crippen LogP) is 4.53. The van der Waals surface area contributed by atoms with E-state index in [0.29, 0.717) is 16.5 Å². The highest BCUT2D eigenvalue weighted by Crippen LogP contribution is 2.32. The Balaban J connectivity index is 2.17. The minimum atomic E-state index is -1.11. The van der Waals surface area contributed by atoms with E-state index in [1.807, 2.05) is 0 Å². The second-order valence-corrected chi connectivity index (χ2v) is 5.16. The maximum atomic E-state index is 10.7. The van der Waals surface area contributed by atoms with E-state index < -0.39 is 12.1 Å². The van der Waals surface area contributed by atoms with Gasteiger partial charge in [0.15, 0.2) is 6.10 Å². The molecule has 0 spiro atoms. The fourth-order valence-corrected chi connectivity index (χ4v) is 2.00. The zero-order valence-electron chi connectivity index (χ0n) is 9.89. The normalized spacial score (nSPS) is 12.2. The van der Waals surface area contributed by atoms with E-state index in [0.717, 1.165) is 4.47 Å². The molecule has 0 aliphatic rings. The van der Waals surface area contributed by atoms with E-state index in [4.69, 9.17) is 25.9 Å². The summed E-state index contributed by atoms with van der Waals surface area (Å²) in [6.07, 6.45) is -0.445. The van der Waals surface area contributed by atoms with Crippen molar-refractivity contribution in [1.82, 2.24) is 0 Å². The summed E-state index contributed by atoms with van der Waals surface area (Å²) in [4.78, 5) is 10.7. The van der Waals surface area contributed by atoms with Crippen molar-refractivity contribution in [3.63, 3.8) is 0 Å². The van der Waals surface area contributed by atoms with Crippen molar-refractivity contribution in [3.05, 3.63) is 51.3 Å². The molecule has 1 atom stereocenters. The van der Waals surface area contributed by atoms with Crippen molar-refractivity contribution in [3.8, 4) is 5.75 Å². The van der Waals surface area contributed by atoms with E-state index in [2.05, 4.69) is 15.9 Å². The molecule has 19 heavy (non-hydrogen) atoms. The van der Waals surface area contributed by atoms with Gasteiger partial charge >= 0.3 is 5.97 Å². The van der Waals surface area contributed by atoms with Crippen LogP contribution in [-0.4, -0.2) is 11.1 Å². The van der Waals surface area contributed by atoms with Crippen LogP contribution < -0.4 is 4.74 Å². The van der Waals surface area contributed by atoms with E-state index in [9.17, 15) is 4.79 Å². The molecule has 2 rings (SSSR count). The molecule has 1 N–H and O–H groups in total. The van der Waals surface area contributed by atoms with E-state index in [-0.39, 0.29) is 5.76 Å². The summed E-state index contributed by atoms with van der Waals surface area (Å²) < 4.78 is 11.7. The molecule has 0 saturated heterocycles. The quantitative estimate of drug-likeness (QED) is 0.884. The third-order valence-corrected chi connectivity index (χ3v) is 3.24. The molecule has 0 saturated carbocycles. The van der Waals surface area contributed by atoms with Gasteiger partial charge in [0.2, 0.25) is 5.76 Å². The van der Waals surface area contributed by atoms with Crippen molar-refractivity contribution >= 4 is 33.5 Å². The summed E-state index contributed by atoms with van der Waals surface area (Å²) in [5, 5.41) is 9.26. The summed E-state index contributed by atoms with van der Waals surface area (Å²) in [5.74, 6) is -0.310. The van der Waals surface area contributed by atoms with Crippen LogP contribution in [0.5, 0.6) is 5.75 Å². The third kappa shape index (κ3) is 3.30. The Labute approximate surface area is 123 Å². The molecule has 1 aromatic carbocycles. The summed E-state index contributed by atoms with van der Waals surface area (Å²) in [7, 11) is 0. The lowest BCUT2D eigenvalue weighted by Crippen LogP contribution is -2.02. The maximum absolute atomic E-state index is 10.7. The standard InChI is InChI=1S/C13H10BrClO4/c1-7(10-4-5-11(19-10)13(16)17)18-12-6-8(14)2-3-9(12)15/h2-7H,1H3,(H,16,17). The maximum Gasteiger partial charge on any atom is 0.371 e. The van der Waals surface area contributed by atoms with Gasteiger partial charge in [-0.1, -0.05) is 27.5 Å². The van der Waals surface area contributed by atoms with E-state index >= 15 is 0 Å². The van der Waals surface area contributed by atoms with Gasteiger partial charge in [0.25, 0.3) is 0 Å². The van der Waals surface area contributed by atoms with Crippen LogP contribution >= 0.6 is 27.5 Å². The minimum Gasteiger partial charge on any atom is -0.481 e. The van der Waals surface area contributed by atoms with Gasteiger partial charge in [-0.05, 0) is 37.3 Å². The Bertz CT molecular complexity index is 608. The van der Waals surface area contributed by atoms with Crippen LogP contribution in [0.3, 0.4) is 0 Å². The average molecular weight is 346 g/mol. The molecule has 4 nitrogen and oxygen atoms in total. The lowest BCUT2D eigenvalue weighted by atomic mass is 10.3. The van der Waals surface area contributed by atoms with E-state index in [1.165, 1.54) is 6.07 Å². The molecule has 100 valence electrons. The first-order chi connectivity index (χ1) is 8.97. The molecule has 0 fully saturated rings. The summed E-state index contributed by atoms with van der Waals surface area (Å²) >= 11 is 9.34. The first kappa shape index (κ1) is 14.0. The molecule has 0 amide bonds. The molecule has 0 bridgehead atoms. The van der Waals surface area contributed by atoms with Crippen molar-refractivity contribution in [2.24, 2.45) is 0 Å². The van der Waals surface area contributed by atoms with Crippen LogP contribution in [0, 0.1) is 0 Å². The highest BCUT2D eigenvalue weighted by molar-refractivity contribution is 9.10. The number of hydrogen-bond acceptors (Lipinski definition) is 3. The van der Waals surface area contributed by atoms with Crippen molar-refractivity contribution in [2.45, 2.75) is 13.0 Å². The first-order valence-electron chi connectivity index (χ1n) is 5.42. The van der Waals surface area contributed by atoms with Gasteiger partial charge in [-0.25, -0.2) is 4.79 Å². The number of aromatic carboxylic acids is 1. The molecule has 0 radical (unpaired) electrons. The Morgan fingerprint density at radius 3 is 2.79 bits per heavy atom. The number of hydrogen-bond donors (Lipinski definition) is 1. The fraction of sp³-hybridized carbons (Fsp3) is 0.154. The highest BCUT2D eigenvalue weighted by Gasteiger charge is 2.16. The summed E-state index contributed by atoms with van der Waals surface area (Å²) in [6, 6.07) is 8.20. The molecule has 1 aromatic heterocycles. The van der Waals surface area contributed by atoms with Crippen molar-refractivity contribution in [2.75, 3.05) is 0 Å². The number of carbonyl (C=O) groups is 1. The van der Waals surface area contributed by atoms with Gasteiger partial charge in [-0.3, -0.25) is 0 Å². The Morgan fingerprint density at radius 1 is 1.42 bits per heavy atom. The molecule has 6 heteroatoms. The van der Waals surface area contributed by atoms with Crippen LogP contribution in [0.4, 0.5) is 0 Å². The number of furan rings is 1. The molecular weight excluding hydrogens is 335 g/mol. The molecule has 1 unspecified atom stereocenters. The number of benzene rings is 1. The second-order valence-electron chi connectivity index (χ2n) is 3.84. The number of carboxylic acid groups (broad SMARTS) is 1. The minimum absolute atomic E-state index is 0.120. The molecule has 0 aliphatic carbocycles. The van der Waals surface area contributed by atoms with Crippen LogP contribution in [0.1, 0.15) is 29.3 Å². The topological polar surface area (TPSA) is 59.7 Å². The third-order valence-electron chi connectivity index (χ3n) is 2.44. The smallest absolute Gasteiger partial charge is 0.371 e. The molecule has 2 aromatic rings. The van der Waals surface area contributed by atoms with E-state index in [1.54, 1.807) is 31.2 Å². The summed E-state index contributed by atoms with van der Waals surface area (Å²) in [6.45, 7) is 1.75. The van der Waals surface area contributed by atoms with Gasteiger partial charge in [-0.2, -0.15) is 0 Å². The van der Waals surface area contributed by atoms with Gasteiger partial charge in [-0.15, -0.1) is 0 Å². The second kappa shape index (κ2) is 5.67. The Kier molecular flexibility index (Phi) is 4.17. The summed E-state index contributed by atoms with van der Waals surface area (Å²) in [5.41, 5.74) is 0. The zero-order valence-corrected chi connectivity index (χ0v) is 12.2. The average Bonchev–Trinajstić information content (AvgIpc) is 2.83. The Hall–Kier alpha value is -1.46. The molecular formula is C13H10BrClO4. The lowest BCUT2D eigenvalue weighted by molar-refractivity contribution is 0.0655. The SMILES string of the molecule is CC(Oc1cc(Br)ccc1Cl)c1ccc(C(=O)O)o1. The fourth-order valence-electron chi connectivity index (χ4n) is 1.50. The first-order valence-corrected chi connectivity index (χ1v) is 6.59. The van der Waals surface area contributed by atoms with Crippen LogP contribution in [0.15, 0.2) is 39.2 Å². The van der Waals surface area contributed by atoms with Gasteiger partial charge in [0, 0.05) is 4.47 Å². The van der Waals surface area contributed by atoms with Crippen LogP contribution in [0.25, 0.3) is 0 Å². The monoisotopic (exact) mass is 344 g/mol. The number of rotatable bonds is 4. The van der Waals surface area contributed by atoms with Crippen molar-refractivity contribution in [1.29, 1.82) is 0 Å². The largest absolute Gasteiger partial charge is 0.481 e.